The minimum Gasteiger partial charge on any atom is -0.325 e. The van der Waals surface area contributed by atoms with Gasteiger partial charge in [0.05, 0.1) is 41.1 Å². The van der Waals surface area contributed by atoms with Gasteiger partial charge in [-0.1, -0.05) is 24.3 Å². The van der Waals surface area contributed by atoms with Gasteiger partial charge in [-0.05, 0) is 36.0 Å². The normalized spacial score (nSPS) is 26.3. The standard InChI is InChI=1S/C23H20N4O5/c28-19(25-16-2-1-9-24-12-16)11-18(13-5-7-17(8-6-13)27(31)32)26-22(29)20-14-3-4-15(10-14)21(20)23(26)30/h1-9,12,14-15,18,20-21H,10-11H2,(H,25,28). The maximum atomic E-state index is 13.3. The Kier molecular flexibility index (Phi) is 4.80. The van der Waals surface area contributed by atoms with Crippen LogP contribution in [0.4, 0.5) is 11.4 Å². The Morgan fingerprint density at radius 2 is 1.78 bits per heavy atom. The number of nitrogens with one attached hydrogen (secondary N) is 1. The second kappa shape index (κ2) is 7.67. The lowest BCUT2D eigenvalue weighted by atomic mass is 9.85. The molecule has 2 fully saturated rings. The van der Waals surface area contributed by atoms with Crippen molar-refractivity contribution in [2.24, 2.45) is 23.7 Å². The Hall–Kier alpha value is -3.88. The van der Waals surface area contributed by atoms with E-state index in [2.05, 4.69) is 10.3 Å². The summed E-state index contributed by atoms with van der Waals surface area (Å²) in [5.41, 5.74) is 0.891. The van der Waals surface area contributed by atoms with Gasteiger partial charge in [0.25, 0.3) is 5.69 Å². The quantitative estimate of drug-likeness (QED) is 0.324. The molecule has 2 aromatic rings. The van der Waals surface area contributed by atoms with Crippen LogP contribution in [0.1, 0.15) is 24.4 Å². The fourth-order valence-corrected chi connectivity index (χ4v) is 5.23. The molecule has 3 amide bonds. The van der Waals surface area contributed by atoms with Gasteiger partial charge < -0.3 is 5.32 Å². The number of rotatable bonds is 6. The molecule has 1 saturated carbocycles. The third-order valence-electron chi connectivity index (χ3n) is 6.63. The zero-order chi connectivity index (χ0) is 22.4. The molecule has 5 rings (SSSR count). The summed E-state index contributed by atoms with van der Waals surface area (Å²) in [5.74, 6) is -1.61. The summed E-state index contributed by atoms with van der Waals surface area (Å²) in [5, 5.41) is 13.8. The first-order valence-corrected chi connectivity index (χ1v) is 10.4. The summed E-state index contributed by atoms with van der Waals surface area (Å²) in [6, 6.07) is 8.16. The highest BCUT2D eigenvalue weighted by molar-refractivity contribution is 6.07. The van der Waals surface area contributed by atoms with Crippen LogP contribution in [-0.4, -0.2) is 32.5 Å². The average Bonchev–Trinajstić information content (AvgIpc) is 3.47. The van der Waals surface area contributed by atoms with Crippen LogP contribution in [0.25, 0.3) is 0 Å². The van der Waals surface area contributed by atoms with Gasteiger partial charge >= 0.3 is 0 Å². The molecule has 1 aromatic heterocycles. The molecule has 32 heavy (non-hydrogen) atoms. The number of hydrogen-bond donors (Lipinski definition) is 1. The lowest BCUT2D eigenvalue weighted by molar-refractivity contribution is -0.384. The van der Waals surface area contributed by atoms with E-state index in [1.54, 1.807) is 18.3 Å². The minimum absolute atomic E-state index is 0.0492. The van der Waals surface area contributed by atoms with Crippen LogP contribution in [0.5, 0.6) is 0 Å². The van der Waals surface area contributed by atoms with Crippen LogP contribution in [0.15, 0.2) is 60.9 Å². The third kappa shape index (κ3) is 3.26. The number of nitro benzene ring substituents is 1. The van der Waals surface area contributed by atoms with Crippen molar-refractivity contribution in [3.63, 3.8) is 0 Å². The Balaban J connectivity index is 1.45. The predicted molar refractivity (Wildman–Crippen MR) is 113 cm³/mol. The molecule has 1 aromatic carbocycles. The number of aromatic nitrogens is 1. The molecule has 1 N–H and O–H groups in total. The zero-order valence-electron chi connectivity index (χ0n) is 17.0. The maximum Gasteiger partial charge on any atom is 0.269 e. The van der Waals surface area contributed by atoms with Gasteiger partial charge in [0.2, 0.25) is 17.7 Å². The fraction of sp³-hybridized carbons (Fsp3) is 0.304. The van der Waals surface area contributed by atoms with E-state index in [0.29, 0.717) is 11.3 Å². The van der Waals surface area contributed by atoms with Crippen molar-refractivity contribution in [2.75, 3.05) is 5.32 Å². The molecule has 2 aliphatic carbocycles. The van der Waals surface area contributed by atoms with Crippen LogP contribution in [-0.2, 0) is 14.4 Å². The van der Waals surface area contributed by atoms with E-state index in [4.69, 9.17) is 0 Å². The first-order valence-electron chi connectivity index (χ1n) is 10.4. The number of non-ortho nitro benzene ring substituents is 1. The van der Waals surface area contributed by atoms with E-state index in [-0.39, 0.29) is 53.5 Å². The van der Waals surface area contributed by atoms with Crippen molar-refractivity contribution in [1.29, 1.82) is 0 Å². The number of nitrogens with zero attached hydrogens (tertiary/aromatic N) is 3. The van der Waals surface area contributed by atoms with E-state index in [1.807, 2.05) is 12.2 Å². The molecule has 3 aliphatic rings. The van der Waals surface area contributed by atoms with Crippen LogP contribution < -0.4 is 5.32 Å². The van der Waals surface area contributed by atoms with E-state index < -0.39 is 11.0 Å². The van der Waals surface area contributed by atoms with E-state index >= 15 is 0 Å². The van der Waals surface area contributed by atoms with Gasteiger partial charge in [-0.15, -0.1) is 0 Å². The number of anilines is 1. The summed E-state index contributed by atoms with van der Waals surface area (Å²) >= 11 is 0. The van der Waals surface area contributed by atoms with Crippen LogP contribution in [0.3, 0.4) is 0 Å². The molecule has 162 valence electrons. The van der Waals surface area contributed by atoms with Gasteiger partial charge in [0.15, 0.2) is 0 Å². The molecular formula is C23H20N4O5. The zero-order valence-corrected chi connectivity index (χ0v) is 17.0. The Morgan fingerprint density at radius 1 is 1.12 bits per heavy atom. The molecule has 0 spiro atoms. The maximum absolute atomic E-state index is 13.3. The summed E-state index contributed by atoms with van der Waals surface area (Å²) in [6.45, 7) is 0. The summed E-state index contributed by atoms with van der Waals surface area (Å²) in [4.78, 5) is 55.2. The molecule has 1 aliphatic heterocycles. The van der Waals surface area contributed by atoms with Gasteiger partial charge in [-0.2, -0.15) is 0 Å². The number of allylic oxidation sites excluding steroid dienone is 2. The highest BCUT2D eigenvalue weighted by Gasteiger charge is 2.60. The number of carbonyl (C=O) groups excluding carboxylic acids is 3. The van der Waals surface area contributed by atoms with Gasteiger partial charge in [-0.3, -0.25) is 34.4 Å². The fourth-order valence-electron chi connectivity index (χ4n) is 5.23. The Morgan fingerprint density at radius 3 is 2.34 bits per heavy atom. The monoisotopic (exact) mass is 432 g/mol. The molecule has 5 unspecified atom stereocenters. The summed E-state index contributed by atoms with van der Waals surface area (Å²) in [6.07, 6.45) is 7.75. The van der Waals surface area contributed by atoms with Crippen molar-refractivity contribution in [1.82, 2.24) is 9.88 Å². The van der Waals surface area contributed by atoms with Crippen LogP contribution in [0, 0.1) is 33.8 Å². The van der Waals surface area contributed by atoms with Crippen molar-refractivity contribution >= 4 is 29.1 Å². The van der Waals surface area contributed by atoms with E-state index in [9.17, 15) is 24.5 Å². The Labute approximate surface area is 183 Å². The molecule has 9 heteroatoms. The number of fused-ring (bicyclic) bond motifs is 5. The molecule has 1 saturated heterocycles. The van der Waals surface area contributed by atoms with Crippen molar-refractivity contribution < 1.29 is 19.3 Å². The lowest BCUT2D eigenvalue weighted by Crippen LogP contribution is -2.38. The van der Waals surface area contributed by atoms with Crippen LogP contribution >= 0.6 is 0 Å². The second-order valence-corrected chi connectivity index (χ2v) is 8.40. The SMILES string of the molecule is O=C(CC(c1ccc([N+](=O)[O-])cc1)N1C(=O)C2C3C=CC(C3)C2C1=O)Nc1cccnc1. The van der Waals surface area contributed by atoms with Gasteiger partial charge in [0.1, 0.15) is 0 Å². The molecule has 9 nitrogen and oxygen atoms in total. The average molecular weight is 432 g/mol. The Bertz CT molecular complexity index is 1100. The predicted octanol–water partition coefficient (Wildman–Crippen LogP) is 2.87. The lowest BCUT2D eigenvalue weighted by Gasteiger charge is -2.28. The number of likely N-dealkylation sites (tertiary alicyclic amines) is 1. The molecular weight excluding hydrogens is 412 g/mol. The number of hydrogen-bond acceptors (Lipinski definition) is 6. The second-order valence-electron chi connectivity index (χ2n) is 8.40. The van der Waals surface area contributed by atoms with Gasteiger partial charge in [-0.25, -0.2) is 0 Å². The minimum atomic E-state index is -0.850. The number of imide groups is 1. The number of carbonyl (C=O) groups is 3. The van der Waals surface area contributed by atoms with Crippen molar-refractivity contribution in [2.45, 2.75) is 18.9 Å². The largest absolute Gasteiger partial charge is 0.325 e. The van der Waals surface area contributed by atoms with E-state index in [0.717, 1.165) is 6.42 Å². The first-order chi connectivity index (χ1) is 15.4. The number of benzene rings is 1. The smallest absolute Gasteiger partial charge is 0.269 e. The van der Waals surface area contributed by atoms with Crippen molar-refractivity contribution in [3.8, 4) is 0 Å². The molecule has 2 heterocycles. The summed E-state index contributed by atoms with van der Waals surface area (Å²) in [7, 11) is 0. The van der Waals surface area contributed by atoms with Gasteiger partial charge in [0, 0.05) is 18.3 Å². The molecule has 0 radical (unpaired) electrons. The highest BCUT2D eigenvalue weighted by atomic mass is 16.6. The number of pyridine rings is 1. The van der Waals surface area contributed by atoms with Crippen molar-refractivity contribution in [3.05, 3.63) is 76.6 Å². The summed E-state index contributed by atoms with van der Waals surface area (Å²) < 4.78 is 0. The molecule has 5 atom stereocenters. The number of amides is 3. The van der Waals surface area contributed by atoms with E-state index in [1.165, 1.54) is 35.4 Å². The van der Waals surface area contributed by atoms with Crippen LogP contribution in [0.2, 0.25) is 0 Å². The highest BCUT2D eigenvalue weighted by Crippen LogP contribution is 2.54. The topological polar surface area (TPSA) is 123 Å². The molecule has 2 bridgehead atoms. The number of nitro groups is 1. The third-order valence-corrected chi connectivity index (χ3v) is 6.63. The first kappa shape index (κ1) is 20.0.